The second-order valence-corrected chi connectivity index (χ2v) is 7.64. The van der Waals surface area contributed by atoms with E-state index in [2.05, 4.69) is 5.32 Å². The number of hydrogen-bond acceptors (Lipinski definition) is 4. The number of Topliss-reactive ketones (excluding diaryl/α,β-unsaturated/α-hetero) is 2. The molecule has 5 heteroatoms. The fourth-order valence-corrected chi connectivity index (χ4v) is 4.38. The summed E-state index contributed by atoms with van der Waals surface area (Å²) in [6, 6.07) is 23.4. The molecule has 0 bridgehead atoms. The number of amides is 1. The maximum absolute atomic E-state index is 13.5. The van der Waals surface area contributed by atoms with Gasteiger partial charge in [-0.1, -0.05) is 54.6 Å². The Bertz CT molecular complexity index is 1120. The first kappa shape index (κ1) is 18.3. The topological polar surface area (TPSA) is 66.5 Å². The average molecular weight is 396 g/mol. The highest BCUT2D eigenvalue weighted by Gasteiger charge is 2.54. The predicted octanol–water partition coefficient (Wildman–Crippen LogP) is 4.20. The monoisotopic (exact) mass is 396 g/mol. The van der Waals surface area contributed by atoms with Crippen molar-refractivity contribution in [3.63, 3.8) is 0 Å². The van der Waals surface area contributed by atoms with E-state index >= 15 is 0 Å². The van der Waals surface area contributed by atoms with Gasteiger partial charge in [-0.2, -0.15) is 0 Å². The van der Waals surface area contributed by atoms with E-state index in [1.807, 2.05) is 42.5 Å². The lowest BCUT2D eigenvalue weighted by Crippen LogP contribution is -2.46. The minimum Gasteiger partial charge on any atom is -0.363 e. The number of carbonyl (C=O) groups excluding carboxylic acids is 3. The van der Waals surface area contributed by atoms with E-state index in [9.17, 15) is 14.4 Å². The van der Waals surface area contributed by atoms with Crippen LogP contribution >= 0.6 is 0 Å². The highest BCUT2D eigenvalue weighted by molar-refractivity contribution is 6.34. The summed E-state index contributed by atoms with van der Waals surface area (Å²) in [7, 11) is 0. The van der Waals surface area contributed by atoms with Crippen LogP contribution in [0.5, 0.6) is 0 Å². The molecule has 0 spiro atoms. The molecular formula is C25H20N2O3. The molecule has 5 rings (SSSR count). The van der Waals surface area contributed by atoms with E-state index in [1.165, 1.54) is 0 Å². The van der Waals surface area contributed by atoms with Crippen LogP contribution in [0.4, 0.5) is 11.4 Å². The Morgan fingerprint density at radius 3 is 1.90 bits per heavy atom. The molecule has 30 heavy (non-hydrogen) atoms. The van der Waals surface area contributed by atoms with Gasteiger partial charge in [0.05, 0.1) is 0 Å². The molecule has 0 unspecified atom stereocenters. The fourth-order valence-electron chi connectivity index (χ4n) is 4.38. The van der Waals surface area contributed by atoms with E-state index in [-0.39, 0.29) is 17.5 Å². The Hall–Kier alpha value is -3.73. The molecule has 0 radical (unpaired) electrons. The predicted molar refractivity (Wildman–Crippen MR) is 115 cm³/mol. The number of carbonyl (C=O) groups is 3. The molecule has 1 aliphatic carbocycles. The van der Waals surface area contributed by atoms with Gasteiger partial charge in [0.2, 0.25) is 17.5 Å². The first-order valence-corrected chi connectivity index (χ1v) is 10.0. The summed E-state index contributed by atoms with van der Waals surface area (Å²) in [4.78, 5) is 40.8. The number of nitrogens with zero attached hydrogens (tertiary/aromatic N) is 1. The quantitative estimate of drug-likeness (QED) is 0.671. The van der Waals surface area contributed by atoms with Gasteiger partial charge < -0.3 is 10.2 Å². The lowest BCUT2D eigenvalue weighted by atomic mass is 9.84. The molecule has 1 heterocycles. The van der Waals surface area contributed by atoms with Gasteiger partial charge in [0.15, 0.2) is 5.54 Å². The zero-order valence-corrected chi connectivity index (χ0v) is 16.3. The first-order valence-electron chi connectivity index (χ1n) is 10.0. The van der Waals surface area contributed by atoms with Crippen LogP contribution in [0.3, 0.4) is 0 Å². The largest absolute Gasteiger partial charge is 0.363 e. The number of hydrogen-bond donors (Lipinski definition) is 1. The molecule has 1 aliphatic heterocycles. The zero-order chi connectivity index (χ0) is 20.7. The minimum atomic E-state index is -1.50. The van der Waals surface area contributed by atoms with Crippen LogP contribution in [0.25, 0.3) is 0 Å². The number of fused-ring (bicyclic) bond motifs is 1. The van der Waals surface area contributed by atoms with E-state index < -0.39 is 5.54 Å². The Kier molecular flexibility index (Phi) is 4.24. The molecule has 2 aliphatic rings. The third-order valence-corrected chi connectivity index (χ3v) is 5.89. The van der Waals surface area contributed by atoms with E-state index in [0.29, 0.717) is 35.3 Å². The fraction of sp³-hybridized carbons (Fsp3) is 0.160. The van der Waals surface area contributed by atoms with Crippen LogP contribution in [0.15, 0.2) is 78.9 Å². The number of nitrogens with one attached hydrogen (secondary N) is 1. The van der Waals surface area contributed by atoms with E-state index in [0.717, 1.165) is 12.1 Å². The smallest absolute Gasteiger partial charge is 0.227 e. The molecule has 148 valence electrons. The SMILES string of the molecule is O=C1CCCN1c1ccc(NC2(c3ccccc3)C(=O)c3ccccc3C2=O)cc1. The molecule has 0 atom stereocenters. The highest BCUT2D eigenvalue weighted by Crippen LogP contribution is 2.40. The average Bonchev–Trinajstić information content (AvgIpc) is 3.31. The summed E-state index contributed by atoms with van der Waals surface area (Å²) in [5.74, 6) is -0.394. The van der Waals surface area contributed by atoms with Crippen LogP contribution in [-0.2, 0) is 10.3 Å². The van der Waals surface area contributed by atoms with Crippen LogP contribution in [0, 0.1) is 0 Å². The van der Waals surface area contributed by atoms with Gasteiger partial charge in [-0.3, -0.25) is 14.4 Å². The van der Waals surface area contributed by atoms with Crippen LogP contribution in [0.2, 0.25) is 0 Å². The first-order chi connectivity index (χ1) is 14.6. The Labute approximate surface area is 174 Å². The van der Waals surface area contributed by atoms with Crippen LogP contribution < -0.4 is 10.2 Å². The normalized spacial score (nSPS) is 17.3. The van der Waals surface area contributed by atoms with Gasteiger partial charge in [0.25, 0.3) is 0 Å². The summed E-state index contributed by atoms with van der Waals surface area (Å²) < 4.78 is 0. The van der Waals surface area contributed by atoms with Crippen molar-refractivity contribution >= 4 is 28.8 Å². The van der Waals surface area contributed by atoms with Crippen molar-refractivity contribution in [3.05, 3.63) is 95.6 Å². The van der Waals surface area contributed by atoms with Crippen molar-refractivity contribution < 1.29 is 14.4 Å². The number of anilines is 2. The number of rotatable bonds is 4. The number of ketones is 2. The summed E-state index contributed by atoms with van der Waals surface area (Å²) in [6.45, 7) is 0.714. The Morgan fingerprint density at radius 1 is 0.733 bits per heavy atom. The molecule has 5 nitrogen and oxygen atoms in total. The molecule has 3 aromatic carbocycles. The third-order valence-electron chi connectivity index (χ3n) is 5.89. The molecule has 1 N–H and O–H groups in total. The molecule has 1 fully saturated rings. The summed E-state index contributed by atoms with van der Waals surface area (Å²) in [5.41, 5.74) is 1.43. The van der Waals surface area contributed by atoms with Gasteiger partial charge in [-0.05, 0) is 36.2 Å². The van der Waals surface area contributed by atoms with E-state index in [4.69, 9.17) is 0 Å². The van der Waals surface area contributed by atoms with Crippen molar-refractivity contribution in [2.75, 3.05) is 16.8 Å². The van der Waals surface area contributed by atoms with Gasteiger partial charge in [-0.15, -0.1) is 0 Å². The van der Waals surface area contributed by atoms with Crippen LogP contribution in [-0.4, -0.2) is 24.0 Å². The minimum absolute atomic E-state index is 0.119. The lowest BCUT2D eigenvalue weighted by molar-refractivity contribution is -0.117. The van der Waals surface area contributed by atoms with Crippen molar-refractivity contribution in [2.45, 2.75) is 18.4 Å². The second-order valence-electron chi connectivity index (χ2n) is 7.64. The second kappa shape index (κ2) is 6.95. The Morgan fingerprint density at radius 2 is 1.33 bits per heavy atom. The maximum Gasteiger partial charge on any atom is 0.227 e. The number of benzene rings is 3. The van der Waals surface area contributed by atoms with E-state index in [1.54, 1.807) is 41.3 Å². The summed E-state index contributed by atoms with van der Waals surface area (Å²) in [6.07, 6.45) is 1.43. The van der Waals surface area contributed by atoms with Gasteiger partial charge in [0, 0.05) is 35.5 Å². The third kappa shape index (κ3) is 2.66. The Balaban J connectivity index is 1.56. The summed E-state index contributed by atoms with van der Waals surface area (Å²) >= 11 is 0. The van der Waals surface area contributed by atoms with Gasteiger partial charge in [0.1, 0.15) is 0 Å². The maximum atomic E-state index is 13.5. The van der Waals surface area contributed by atoms with Crippen molar-refractivity contribution in [1.82, 2.24) is 0 Å². The molecule has 0 saturated carbocycles. The zero-order valence-electron chi connectivity index (χ0n) is 16.3. The van der Waals surface area contributed by atoms with Crippen molar-refractivity contribution in [1.29, 1.82) is 0 Å². The van der Waals surface area contributed by atoms with Crippen molar-refractivity contribution in [2.24, 2.45) is 0 Å². The van der Waals surface area contributed by atoms with Crippen molar-refractivity contribution in [3.8, 4) is 0 Å². The van der Waals surface area contributed by atoms with Crippen LogP contribution in [0.1, 0.15) is 39.1 Å². The van der Waals surface area contributed by atoms with Gasteiger partial charge in [-0.25, -0.2) is 0 Å². The molecule has 1 saturated heterocycles. The molecular weight excluding hydrogens is 376 g/mol. The molecule has 1 amide bonds. The highest BCUT2D eigenvalue weighted by atomic mass is 16.2. The van der Waals surface area contributed by atoms with Gasteiger partial charge >= 0.3 is 0 Å². The standard InChI is InChI=1S/C25H20N2O3/c28-22-11-6-16-27(22)19-14-12-18(13-15-19)26-25(17-7-2-1-3-8-17)23(29)20-9-4-5-10-21(20)24(25)30/h1-5,7-10,12-15,26H,6,11,16H2. The molecule has 0 aromatic heterocycles. The summed E-state index contributed by atoms with van der Waals surface area (Å²) in [5, 5.41) is 3.24. The molecule has 3 aromatic rings. The lowest BCUT2D eigenvalue weighted by Gasteiger charge is -2.29.